The second kappa shape index (κ2) is 5.72. The number of halogens is 2. The quantitative estimate of drug-likeness (QED) is 0.865. The largest absolute Gasteiger partial charge is 0.329 e. The van der Waals surface area contributed by atoms with Gasteiger partial charge in [0.2, 0.25) is 5.91 Å². The highest BCUT2D eigenvalue weighted by atomic mass is 19.1. The Balaban J connectivity index is 2.57. The number of hydrogen-bond acceptors (Lipinski definition) is 2. The summed E-state index contributed by atoms with van der Waals surface area (Å²) < 4.78 is 27.7. The molecule has 0 radical (unpaired) electrons. The summed E-state index contributed by atoms with van der Waals surface area (Å²) in [6.07, 6.45) is 1.66. The molecule has 2 atom stereocenters. The molecule has 2 rings (SSSR count). The van der Waals surface area contributed by atoms with Crippen molar-refractivity contribution < 1.29 is 13.6 Å². The Morgan fingerprint density at radius 3 is 2.57 bits per heavy atom. The van der Waals surface area contributed by atoms with E-state index in [2.05, 4.69) is 0 Å². The van der Waals surface area contributed by atoms with Gasteiger partial charge in [0.1, 0.15) is 11.6 Å². The fourth-order valence-corrected chi connectivity index (χ4v) is 3.02. The molecule has 1 aliphatic heterocycles. The van der Waals surface area contributed by atoms with E-state index < -0.39 is 29.3 Å². The summed E-state index contributed by atoms with van der Waals surface area (Å²) in [5.41, 5.74) is 5.84. The number of hydrogen-bond donors (Lipinski definition) is 1. The topological polar surface area (TPSA) is 46.3 Å². The summed E-state index contributed by atoms with van der Waals surface area (Å²) in [6, 6.07) is 2.26. The zero-order valence-corrected chi connectivity index (χ0v) is 12.7. The average Bonchev–Trinajstić information content (AvgIpc) is 2.51. The van der Waals surface area contributed by atoms with Gasteiger partial charge in [0, 0.05) is 23.6 Å². The van der Waals surface area contributed by atoms with Crippen molar-refractivity contribution in [2.75, 3.05) is 0 Å². The van der Waals surface area contributed by atoms with E-state index in [9.17, 15) is 13.6 Å². The average molecular weight is 296 g/mol. The van der Waals surface area contributed by atoms with Crippen molar-refractivity contribution in [3.63, 3.8) is 0 Å². The molecular formula is C16H22F2N2O. The Bertz CT molecular complexity index is 540. The van der Waals surface area contributed by atoms with Crippen molar-refractivity contribution in [2.24, 2.45) is 5.73 Å². The Morgan fingerprint density at radius 1 is 1.29 bits per heavy atom. The lowest BCUT2D eigenvalue weighted by atomic mass is 9.92. The van der Waals surface area contributed by atoms with Gasteiger partial charge < -0.3 is 10.6 Å². The van der Waals surface area contributed by atoms with Crippen molar-refractivity contribution in [1.29, 1.82) is 0 Å². The van der Waals surface area contributed by atoms with Gasteiger partial charge in [-0.3, -0.25) is 4.79 Å². The molecule has 0 spiro atoms. The number of carbonyl (C=O) groups is 1. The van der Waals surface area contributed by atoms with Crippen LogP contribution in [0.5, 0.6) is 0 Å². The molecule has 0 aliphatic carbocycles. The number of likely N-dealkylation sites (tertiary alicyclic amines) is 1. The van der Waals surface area contributed by atoms with E-state index in [0.717, 1.165) is 18.2 Å². The highest BCUT2D eigenvalue weighted by molar-refractivity contribution is 5.78. The molecule has 1 aromatic rings. The van der Waals surface area contributed by atoms with Crippen molar-refractivity contribution in [3.8, 4) is 0 Å². The van der Waals surface area contributed by atoms with Gasteiger partial charge in [-0.25, -0.2) is 8.78 Å². The molecule has 1 aliphatic rings. The van der Waals surface area contributed by atoms with Crippen molar-refractivity contribution in [3.05, 3.63) is 35.4 Å². The maximum Gasteiger partial charge on any atom is 0.223 e. The van der Waals surface area contributed by atoms with Gasteiger partial charge in [-0.2, -0.15) is 0 Å². The first-order valence-electron chi connectivity index (χ1n) is 7.24. The fourth-order valence-electron chi connectivity index (χ4n) is 3.02. The summed E-state index contributed by atoms with van der Waals surface area (Å²) >= 11 is 0. The second-order valence-electron chi connectivity index (χ2n) is 6.60. The van der Waals surface area contributed by atoms with Crippen LogP contribution in [0.4, 0.5) is 8.78 Å². The van der Waals surface area contributed by atoms with Crippen LogP contribution < -0.4 is 5.73 Å². The third-order valence-corrected chi connectivity index (χ3v) is 3.88. The zero-order chi connectivity index (χ0) is 15.8. The van der Waals surface area contributed by atoms with Gasteiger partial charge in [-0.15, -0.1) is 0 Å². The van der Waals surface area contributed by atoms with Crippen LogP contribution in [0.1, 0.15) is 51.6 Å². The highest BCUT2D eigenvalue weighted by Crippen LogP contribution is 2.36. The Hall–Kier alpha value is -1.49. The predicted octanol–water partition coefficient (Wildman–Crippen LogP) is 3.14. The Morgan fingerprint density at radius 2 is 1.95 bits per heavy atom. The van der Waals surface area contributed by atoms with Crippen LogP contribution in [0.3, 0.4) is 0 Å². The molecule has 116 valence electrons. The monoisotopic (exact) mass is 296 g/mol. The first kappa shape index (κ1) is 15.9. The lowest BCUT2D eigenvalue weighted by Gasteiger charge is -2.43. The second-order valence-corrected chi connectivity index (χ2v) is 6.60. The number of rotatable bonds is 1. The van der Waals surface area contributed by atoms with Crippen LogP contribution in [0.2, 0.25) is 0 Å². The molecule has 0 bridgehead atoms. The van der Waals surface area contributed by atoms with Crippen LogP contribution in [-0.2, 0) is 4.79 Å². The molecule has 2 N–H and O–H groups in total. The van der Waals surface area contributed by atoms with Crippen molar-refractivity contribution in [2.45, 2.75) is 57.7 Å². The Kier molecular flexibility index (Phi) is 4.33. The molecule has 21 heavy (non-hydrogen) atoms. The van der Waals surface area contributed by atoms with Crippen molar-refractivity contribution in [1.82, 2.24) is 4.90 Å². The summed E-state index contributed by atoms with van der Waals surface area (Å²) in [7, 11) is 0. The Labute approximate surface area is 124 Å². The molecule has 3 nitrogen and oxygen atoms in total. The molecule has 1 saturated heterocycles. The predicted molar refractivity (Wildman–Crippen MR) is 77.5 cm³/mol. The lowest BCUT2D eigenvalue weighted by Crippen LogP contribution is -2.51. The third kappa shape index (κ3) is 3.23. The fraction of sp³-hybridized carbons (Fsp3) is 0.562. The summed E-state index contributed by atoms with van der Waals surface area (Å²) in [5, 5.41) is 0. The number of carbonyl (C=O) groups excluding carboxylic acids is 1. The molecule has 5 heteroatoms. The first-order valence-corrected chi connectivity index (χ1v) is 7.24. The van der Waals surface area contributed by atoms with E-state index in [1.165, 1.54) is 0 Å². The molecule has 0 aromatic heterocycles. The van der Waals surface area contributed by atoms with Crippen LogP contribution in [0.25, 0.3) is 0 Å². The third-order valence-electron chi connectivity index (χ3n) is 3.88. The van der Waals surface area contributed by atoms with Crippen LogP contribution in [-0.4, -0.2) is 22.4 Å². The lowest BCUT2D eigenvalue weighted by molar-refractivity contribution is -0.139. The van der Waals surface area contributed by atoms with E-state index in [0.29, 0.717) is 19.3 Å². The number of nitrogens with zero attached hydrogens (tertiary/aromatic N) is 1. The smallest absolute Gasteiger partial charge is 0.223 e. The number of nitrogens with two attached hydrogens (primary N) is 1. The molecular weight excluding hydrogens is 274 g/mol. The zero-order valence-electron chi connectivity index (χ0n) is 12.7. The standard InChI is InChI=1S/C16H22F2N2O/c1-16(2,3)20-14(21)6-4-5-13(19)15(20)11-9-10(17)7-8-12(11)18/h7-9,13,15H,4-6,19H2,1-3H3. The highest BCUT2D eigenvalue weighted by Gasteiger charge is 2.40. The SMILES string of the molecule is CC(C)(C)N1C(=O)CCCC(N)C1c1cc(F)ccc1F. The maximum absolute atomic E-state index is 14.2. The first-order chi connectivity index (χ1) is 9.71. The van der Waals surface area contributed by atoms with Gasteiger partial charge in [-0.05, 0) is 51.8 Å². The van der Waals surface area contributed by atoms with Crippen LogP contribution >= 0.6 is 0 Å². The minimum atomic E-state index is -0.643. The molecule has 1 fully saturated rings. The van der Waals surface area contributed by atoms with Crippen LogP contribution in [0, 0.1) is 11.6 Å². The molecule has 2 unspecified atom stereocenters. The minimum Gasteiger partial charge on any atom is -0.329 e. The van der Waals surface area contributed by atoms with Gasteiger partial charge in [0.05, 0.1) is 6.04 Å². The molecule has 0 saturated carbocycles. The number of benzene rings is 1. The normalized spacial score (nSPS) is 24.1. The van der Waals surface area contributed by atoms with E-state index in [4.69, 9.17) is 5.73 Å². The summed E-state index contributed by atoms with van der Waals surface area (Å²) in [5.74, 6) is -1.12. The summed E-state index contributed by atoms with van der Waals surface area (Å²) in [4.78, 5) is 14.1. The van der Waals surface area contributed by atoms with E-state index in [1.54, 1.807) is 4.90 Å². The van der Waals surface area contributed by atoms with Crippen molar-refractivity contribution >= 4 is 5.91 Å². The maximum atomic E-state index is 14.2. The molecule has 1 amide bonds. The number of amides is 1. The minimum absolute atomic E-state index is 0.0656. The van der Waals surface area contributed by atoms with Gasteiger partial charge in [0.15, 0.2) is 0 Å². The summed E-state index contributed by atoms with van der Waals surface area (Å²) in [6.45, 7) is 5.65. The van der Waals surface area contributed by atoms with E-state index in [1.807, 2.05) is 20.8 Å². The van der Waals surface area contributed by atoms with Gasteiger partial charge in [-0.1, -0.05) is 0 Å². The van der Waals surface area contributed by atoms with E-state index >= 15 is 0 Å². The molecule has 1 heterocycles. The van der Waals surface area contributed by atoms with E-state index in [-0.39, 0.29) is 11.5 Å². The van der Waals surface area contributed by atoms with Gasteiger partial charge in [0.25, 0.3) is 0 Å². The van der Waals surface area contributed by atoms with Crippen LogP contribution in [0.15, 0.2) is 18.2 Å². The molecule has 1 aromatic carbocycles. The van der Waals surface area contributed by atoms with Gasteiger partial charge >= 0.3 is 0 Å².